The third-order valence-corrected chi connectivity index (χ3v) is 3.50. The normalized spacial score (nSPS) is 21.4. The average molecular weight is 239 g/mol. The molecule has 0 aromatic carbocycles. The molecule has 96 valence electrons. The molecule has 0 unspecified atom stereocenters. The maximum atomic E-state index is 12.2. The monoisotopic (exact) mass is 239 g/mol. The van der Waals surface area contributed by atoms with Crippen LogP contribution in [0.4, 0.5) is 13.2 Å². The summed E-state index contributed by atoms with van der Waals surface area (Å²) in [4.78, 5) is 1.45. The van der Waals surface area contributed by atoms with Crippen LogP contribution in [-0.2, 0) is 0 Å². The van der Waals surface area contributed by atoms with E-state index in [1.165, 1.54) is 4.90 Å². The third kappa shape index (κ3) is 3.94. The van der Waals surface area contributed by atoms with Gasteiger partial charge in [0.2, 0.25) is 0 Å². The summed E-state index contributed by atoms with van der Waals surface area (Å²) in [6.07, 6.45) is -2.62. The van der Waals surface area contributed by atoms with Gasteiger partial charge in [0.25, 0.3) is 0 Å². The number of nitrogens with zero attached hydrogens (tertiary/aromatic N) is 1. The van der Waals surface area contributed by atoms with E-state index in [0.29, 0.717) is 19.0 Å². The van der Waals surface area contributed by atoms with Gasteiger partial charge in [-0.05, 0) is 37.3 Å². The van der Waals surface area contributed by atoms with Crippen LogP contribution in [0.3, 0.4) is 0 Å². The Kier molecular flexibility index (Phi) is 4.23. The molecule has 2 nitrogen and oxygen atoms in total. The van der Waals surface area contributed by atoms with Gasteiger partial charge in [0.15, 0.2) is 0 Å². The maximum absolute atomic E-state index is 12.2. The van der Waals surface area contributed by atoms with Crippen LogP contribution < -0.4 is 0 Å². The van der Waals surface area contributed by atoms with Crippen molar-refractivity contribution < 1.29 is 18.3 Å². The van der Waals surface area contributed by atoms with Crippen molar-refractivity contribution in [2.45, 2.75) is 32.9 Å². The molecule has 1 N–H and O–H groups in total. The molecule has 0 aliphatic carbocycles. The second-order valence-corrected chi connectivity index (χ2v) is 5.31. The largest absolute Gasteiger partial charge is 0.401 e. The van der Waals surface area contributed by atoms with Crippen molar-refractivity contribution in [2.75, 3.05) is 26.2 Å². The average Bonchev–Trinajstić information content (AvgIpc) is 2.16. The molecule has 16 heavy (non-hydrogen) atoms. The molecule has 0 bridgehead atoms. The molecule has 1 aliphatic rings. The van der Waals surface area contributed by atoms with Crippen molar-refractivity contribution in [3.8, 4) is 0 Å². The lowest BCUT2D eigenvalue weighted by atomic mass is 9.74. The van der Waals surface area contributed by atoms with Gasteiger partial charge >= 0.3 is 6.18 Å². The van der Waals surface area contributed by atoms with Gasteiger partial charge in [0.1, 0.15) is 0 Å². The number of hydrogen-bond acceptors (Lipinski definition) is 2. The second-order valence-electron chi connectivity index (χ2n) is 5.31. The Balaban J connectivity index is 2.40. The molecule has 5 heteroatoms. The zero-order chi connectivity index (χ0) is 12.4. The van der Waals surface area contributed by atoms with Crippen LogP contribution in [0.25, 0.3) is 0 Å². The Labute approximate surface area is 94.4 Å². The standard InChI is InChI=1S/C11H20F3NO/c1-10(2,8-16)9-3-5-15(6-4-9)7-11(12,13)14/h9,16H,3-8H2,1-2H3. The minimum atomic E-state index is -4.10. The fraction of sp³-hybridized carbons (Fsp3) is 1.00. The first-order chi connectivity index (χ1) is 7.24. The van der Waals surface area contributed by atoms with Crippen LogP contribution in [-0.4, -0.2) is 42.4 Å². The predicted molar refractivity (Wildman–Crippen MR) is 56.1 cm³/mol. The van der Waals surface area contributed by atoms with Gasteiger partial charge in [-0.2, -0.15) is 13.2 Å². The van der Waals surface area contributed by atoms with Crippen molar-refractivity contribution in [2.24, 2.45) is 11.3 Å². The highest BCUT2D eigenvalue weighted by Crippen LogP contribution is 2.35. The zero-order valence-corrected chi connectivity index (χ0v) is 9.85. The van der Waals surface area contributed by atoms with E-state index in [4.69, 9.17) is 0 Å². The first-order valence-electron chi connectivity index (χ1n) is 5.64. The summed E-state index contributed by atoms with van der Waals surface area (Å²) in [6, 6.07) is 0. The molecule has 1 saturated heterocycles. The van der Waals surface area contributed by atoms with Crippen LogP contribution in [0.15, 0.2) is 0 Å². The topological polar surface area (TPSA) is 23.5 Å². The highest BCUT2D eigenvalue weighted by Gasteiger charge is 2.36. The highest BCUT2D eigenvalue weighted by molar-refractivity contribution is 4.83. The quantitative estimate of drug-likeness (QED) is 0.816. The number of likely N-dealkylation sites (tertiary alicyclic amines) is 1. The van der Waals surface area contributed by atoms with E-state index in [9.17, 15) is 18.3 Å². The zero-order valence-electron chi connectivity index (χ0n) is 9.85. The SMILES string of the molecule is CC(C)(CO)C1CCN(CC(F)(F)F)CC1. The van der Waals surface area contributed by atoms with Gasteiger partial charge in [-0.1, -0.05) is 13.8 Å². The summed E-state index contributed by atoms with van der Waals surface area (Å²) < 4.78 is 36.5. The maximum Gasteiger partial charge on any atom is 0.401 e. The van der Waals surface area contributed by atoms with Crippen LogP contribution in [0.5, 0.6) is 0 Å². The Morgan fingerprint density at radius 1 is 1.19 bits per heavy atom. The number of rotatable bonds is 3. The molecule has 1 heterocycles. The van der Waals surface area contributed by atoms with Crippen LogP contribution >= 0.6 is 0 Å². The molecule has 0 aromatic rings. The van der Waals surface area contributed by atoms with Crippen molar-refractivity contribution in [1.82, 2.24) is 4.90 Å². The summed E-state index contributed by atoms with van der Waals surface area (Å²) in [5.41, 5.74) is -0.176. The van der Waals surface area contributed by atoms with E-state index in [1.807, 2.05) is 13.8 Å². The number of aliphatic hydroxyl groups excluding tert-OH is 1. The van der Waals surface area contributed by atoms with Gasteiger partial charge in [0.05, 0.1) is 6.54 Å². The van der Waals surface area contributed by atoms with E-state index in [1.54, 1.807) is 0 Å². The minimum absolute atomic E-state index is 0.0942. The summed E-state index contributed by atoms with van der Waals surface area (Å²) in [5, 5.41) is 9.21. The fourth-order valence-electron chi connectivity index (χ4n) is 2.26. The Bertz CT molecular complexity index is 220. The summed E-state index contributed by atoms with van der Waals surface area (Å²) in [6.45, 7) is 4.19. The van der Waals surface area contributed by atoms with Crippen molar-refractivity contribution in [3.05, 3.63) is 0 Å². The Hall–Kier alpha value is -0.290. The number of aliphatic hydroxyl groups is 1. The van der Waals surface area contributed by atoms with Gasteiger partial charge in [-0.3, -0.25) is 4.90 Å². The van der Waals surface area contributed by atoms with Crippen LogP contribution in [0, 0.1) is 11.3 Å². The molecule has 1 fully saturated rings. The molecule has 0 atom stereocenters. The van der Waals surface area contributed by atoms with Crippen molar-refractivity contribution >= 4 is 0 Å². The molecular formula is C11H20F3NO. The molecule has 0 aromatic heterocycles. The fourth-order valence-corrected chi connectivity index (χ4v) is 2.26. The minimum Gasteiger partial charge on any atom is -0.396 e. The molecule has 1 aliphatic heterocycles. The second kappa shape index (κ2) is 4.92. The number of halogens is 3. The first kappa shape index (κ1) is 13.8. The third-order valence-electron chi connectivity index (χ3n) is 3.50. The van der Waals surface area contributed by atoms with E-state index < -0.39 is 12.7 Å². The number of piperidine rings is 1. The summed E-state index contributed by atoms with van der Waals surface area (Å²) in [5.74, 6) is 0.321. The van der Waals surface area contributed by atoms with E-state index >= 15 is 0 Å². The smallest absolute Gasteiger partial charge is 0.396 e. The van der Waals surface area contributed by atoms with E-state index in [-0.39, 0.29) is 12.0 Å². The van der Waals surface area contributed by atoms with Gasteiger partial charge in [-0.25, -0.2) is 0 Å². The molecule has 1 rings (SSSR count). The summed E-state index contributed by atoms with van der Waals surface area (Å²) >= 11 is 0. The predicted octanol–water partition coefficient (Wildman–Crippen LogP) is 2.28. The van der Waals surface area contributed by atoms with Crippen LogP contribution in [0.2, 0.25) is 0 Å². The van der Waals surface area contributed by atoms with E-state index in [2.05, 4.69) is 0 Å². The van der Waals surface area contributed by atoms with Crippen molar-refractivity contribution in [3.63, 3.8) is 0 Å². The first-order valence-corrected chi connectivity index (χ1v) is 5.64. The molecule has 0 radical (unpaired) electrons. The summed E-state index contributed by atoms with van der Waals surface area (Å²) in [7, 11) is 0. The number of hydrogen-bond donors (Lipinski definition) is 1. The van der Waals surface area contributed by atoms with Gasteiger partial charge < -0.3 is 5.11 Å². The Morgan fingerprint density at radius 3 is 2.06 bits per heavy atom. The lowest BCUT2D eigenvalue weighted by molar-refractivity contribution is -0.150. The molecular weight excluding hydrogens is 219 g/mol. The highest BCUT2D eigenvalue weighted by atomic mass is 19.4. The number of alkyl halides is 3. The molecule has 0 saturated carbocycles. The molecule has 0 amide bonds. The molecule has 0 spiro atoms. The lowest BCUT2D eigenvalue weighted by Crippen LogP contribution is -2.43. The van der Waals surface area contributed by atoms with E-state index in [0.717, 1.165) is 12.8 Å². The van der Waals surface area contributed by atoms with Gasteiger partial charge in [0, 0.05) is 6.61 Å². The lowest BCUT2D eigenvalue weighted by Gasteiger charge is -2.39. The van der Waals surface area contributed by atoms with Crippen LogP contribution in [0.1, 0.15) is 26.7 Å². The van der Waals surface area contributed by atoms with Gasteiger partial charge in [-0.15, -0.1) is 0 Å². The van der Waals surface area contributed by atoms with Crippen molar-refractivity contribution in [1.29, 1.82) is 0 Å². The Morgan fingerprint density at radius 2 is 1.69 bits per heavy atom.